The molecule has 1 aliphatic carbocycles. The van der Waals surface area contributed by atoms with Crippen LogP contribution in [0.1, 0.15) is 17.7 Å². The number of likely N-dealkylation sites (N-methyl/N-ethyl adjacent to an activating group) is 1. The van der Waals surface area contributed by atoms with E-state index < -0.39 is 17.8 Å². The van der Waals surface area contributed by atoms with E-state index in [4.69, 9.17) is 21.3 Å². The molecule has 41 heavy (non-hydrogen) atoms. The Labute approximate surface area is 239 Å². The highest BCUT2D eigenvalue weighted by molar-refractivity contribution is 5.94. The summed E-state index contributed by atoms with van der Waals surface area (Å²) >= 11 is 0. The molecule has 3 atom stereocenters. The maximum absolute atomic E-state index is 13.8. The highest BCUT2D eigenvalue weighted by atomic mass is 19.1. The highest BCUT2D eigenvalue weighted by Gasteiger charge is 2.42. The fourth-order valence-electron chi connectivity index (χ4n) is 6.09. The number of aromatic nitrogens is 2. The van der Waals surface area contributed by atoms with Crippen molar-refractivity contribution >= 4 is 28.2 Å². The Kier molecular flexibility index (Phi) is 7.22. The minimum absolute atomic E-state index is 0.0357. The van der Waals surface area contributed by atoms with Crippen LogP contribution in [-0.2, 0) is 17.8 Å². The van der Waals surface area contributed by atoms with Crippen molar-refractivity contribution in [1.29, 1.82) is 0 Å². The summed E-state index contributed by atoms with van der Waals surface area (Å²) in [5, 5.41) is 2.40. The van der Waals surface area contributed by atoms with Gasteiger partial charge in [0, 0.05) is 55.3 Å². The lowest BCUT2D eigenvalue weighted by atomic mass is 10.0. The van der Waals surface area contributed by atoms with Gasteiger partial charge in [-0.15, -0.1) is 0 Å². The lowest BCUT2D eigenvalue weighted by molar-refractivity contribution is -0.131. The van der Waals surface area contributed by atoms with Gasteiger partial charge in [-0.3, -0.25) is 4.79 Å². The van der Waals surface area contributed by atoms with Gasteiger partial charge in [-0.1, -0.05) is 43.0 Å². The van der Waals surface area contributed by atoms with Crippen LogP contribution in [0.15, 0.2) is 54.9 Å². The molecule has 2 aliphatic heterocycles. The summed E-state index contributed by atoms with van der Waals surface area (Å²) in [7, 11) is 4.08. The number of nitrogens with zero attached hydrogens (tertiary/aromatic N) is 7. The molecule has 6 rings (SSSR count). The Hall–Kier alpha value is -4.23. The van der Waals surface area contributed by atoms with Crippen LogP contribution in [0.25, 0.3) is 15.6 Å². The molecule has 2 unspecified atom stereocenters. The summed E-state index contributed by atoms with van der Waals surface area (Å²) in [5.41, 5.74) is 3.15. The van der Waals surface area contributed by atoms with Gasteiger partial charge in [-0.05, 0) is 32.0 Å². The van der Waals surface area contributed by atoms with Gasteiger partial charge >= 0.3 is 6.01 Å². The van der Waals surface area contributed by atoms with Gasteiger partial charge in [0.1, 0.15) is 18.0 Å². The van der Waals surface area contributed by atoms with Crippen LogP contribution in [0.2, 0.25) is 0 Å². The minimum Gasteiger partial charge on any atom is -0.458 e. The number of ether oxygens (including phenoxy) is 1. The normalized spacial score (nSPS) is 21.9. The summed E-state index contributed by atoms with van der Waals surface area (Å²) < 4.78 is 20.0. The lowest BCUT2D eigenvalue weighted by Crippen LogP contribution is -2.57. The molecular formula is C31H34FN7O2. The highest BCUT2D eigenvalue weighted by Crippen LogP contribution is 2.36. The summed E-state index contributed by atoms with van der Waals surface area (Å²) in [4.78, 5) is 33.9. The third-order valence-corrected chi connectivity index (χ3v) is 8.33. The van der Waals surface area contributed by atoms with Gasteiger partial charge in [0.15, 0.2) is 5.83 Å². The maximum Gasteiger partial charge on any atom is 0.319 e. The summed E-state index contributed by atoms with van der Waals surface area (Å²) in [6.07, 6.45) is 1.70. The van der Waals surface area contributed by atoms with Crippen molar-refractivity contribution in [2.24, 2.45) is 0 Å². The average Bonchev–Trinajstić information content (AvgIpc) is 3.75. The number of carbonyl (C=O) groups excluding carboxylic acids is 1. The number of hydrogen-bond donors (Lipinski definition) is 0. The van der Waals surface area contributed by atoms with Crippen LogP contribution in [0.5, 0.6) is 6.01 Å². The monoisotopic (exact) mass is 555 g/mol. The first kappa shape index (κ1) is 27.0. The van der Waals surface area contributed by atoms with E-state index in [1.165, 1.54) is 21.4 Å². The van der Waals surface area contributed by atoms with Crippen molar-refractivity contribution < 1.29 is 13.9 Å². The van der Waals surface area contributed by atoms with Crippen molar-refractivity contribution in [3.8, 4) is 6.01 Å². The van der Waals surface area contributed by atoms with Crippen molar-refractivity contribution in [2.45, 2.75) is 37.6 Å². The zero-order valence-electron chi connectivity index (χ0n) is 23.5. The standard InChI is InChI=1S/C31H34FN7O2/c1-20(32)30(40)39-15-14-38(18-22(39)17-33-2)29-24-12-13-37(26-11-7-9-21-8-5-6-10-23(21)26)19-25(24)34-31(35-29)41-28-16-27(28)36(3)4/h5-11,22,27-28H,1,12-19H2,3-4H3/t22-,27?,28?/m0/s1. The Bertz CT molecular complexity index is 1530. The van der Waals surface area contributed by atoms with Crippen LogP contribution < -0.4 is 14.5 Å². The number of amides is 1. The Morgan fingerprint density at radius 3 is 2.71 bits per heavy atom. The molecule has 2 fully saturated rings. The number of carbonyl (C=O) groups is 1. The number of halogens is 1. The van der Waals surface area contributed by atoms with Gasteiger partial charge in [-0.25, -0.2) is 11.0 Å². The van der Waals surface area contributed by atoms with Crippen molar-refractivity contribution in [3.05, 3.63) is 77.5 Å². The predicted molar refractivity (Wildman–Crippen MR) is 157 cm³/mol. The van der Waals surface area contributed by atoms with E-state index in [0.717, 1.165) is 36.5 Å². The van der Waals surface area contributed by atoms with E-state index in [9.17, 15) is 9.18 Å². The topological polar surface area (TPSA) is 69.4 Å². The Balaban J connectivity index is 1.33. The van der Waals surface area contributed by atoms with Crippen LogP contribution in [-0.4, -0.2) is 90.7 Å². The molecule has 1 amide bonds. The molecule has 0 spiro atoms. The van der Waals surface area contributed by atoms with Gasteiger partial charge in [0.05, 0.1) is 12.2 Å². The quantitative estimate of drug-likeness (QED) is 0.325. The van der Waals surface area contributed by atoms with Crippen molar-refractivity contribution in [2.75, 3.05) is 56.6 Å². The number of hydrogen-bond acceptors (Lipinski definition) is 7. The molecule has 3 aliphatic rings. The number of benzene rings is 2. The van der Waals surface area contributed by atoms with Crippen LogP contribution in [0.4, 0.5) is 15.9 Å². The van der Waals surface area contributed by atoms with E-state index in [-0.39, 0.29) is 19.2 Å². The van der Waals surface area contributed by atoms with E-state index in [1.807, 2.05) is 14.1 Å². The van der Waals surface area contributed by atoms with E-state index in [0.29, 0.717) is 31.7 Å². The largest absolute Gasteiger partial charge is 0.458 e. The minimum atomic E-state index is -1.00. The van der Waals surface area contributed by atoms with Crippen molar-refractivity contribution in [3.63, 3.8) is 0 Å². The summed E-state index contributed by atoms with van der Waals surface area (Å²) in [6, 6.07) is 15.0. The predicted octanol–water partition coefficient (Wildman–Crippen LogP) is 3.69. The Morgan fingerprint density at radius 1 is 1.15 bits per heavy atom. The molecule has 9 nitrogen and oxygen atoms in total. The number of rotatable bonds is 7. The second kappa shape index (κ2) is 11.0. The van der Waals surface area contributed by atoms with E-state index in [1.54, 1.807) is 0 Å². The first-order valence-electron chi connectivity index (χ1n) is 14.0. The third kappa shape index (κ3) is 5.30. The molecule has 212 valence electrons. The van der Waals surface area contributed by atoms with Crippen LogP contribution in [0.3, 0.4) is 0 Å². The third-order valence-electron chi connectivity index (χ3n) is 8.33. The van der Waals surface area contributed by atoms with Gasteiger partial charge in [0.25, 0.3) is 5.91 Å². The summed E-state index contributed by atoms with van der Waals surface area (Å²) in [6.45, 7) is 13.2. The van der Waals surface area contributed by atoms with Crippen molar-refractivity contribution in [1.82, 2.24) is 19.8 Å². The molecule has 0 bridgehead atoms. The summed E-state index contributed by atoms with van der Waals surface area (Å²) in [5.74, 6) is -0.969. The number of piperazine rings is 1. The molecule has 0 N–H and O–H groups in total. The smallest absolute Gasteiger partial charge is 0.319 e. The van der Waals surface area contributed by atoms with Crippen LogP contribution >= 0.6 is 0 Å². The first-order valence-corrected chi connectivity index (χ1v) is 14.0. The molecule has 1 saturated carbocycles. The molecule has 1 saturated heterocycles. The zero-order valence-corrected chi connectivity index (χ0v) is 23.5. The van der Waals surface area contributed by atoms with E-state index >= 15 is 0 Å². The number of anilines is 2. The van der Waals surface area contributed by atoms with Gasteiger partial charge in [0.2, 0.25) is 6.54 Å². The Morgan fingerprint density at radius 2 is 1.95 bits per heavy atom. The van der Waals surface area contributed by atoms with Gasteiger partial charge in [-0.2, -0.15) is 9.97 Å². The fraction of sp³-hybridized carbons (Fsp3) is 0.419. The maximum atomic E-state index is 13.8. The molecule has 3 heterocycles. The van der Waals surface area contributed by atoms with Crippen LogP contribution in [0, 0.1) is 6.57 Å². The molecule has 10 heteroatoms. The molecule has 3 aromatic rings. The molecule has 2 aromatic carbocycles. The fourth-order valence-corrected chi connectivity index (χ4v) is 6.09. The second-order valence-electron chi connectivity index (χ2n) is 11.2. The molecular weight excluding hydrogens is 521 g/mol. The first-order chi connectivity index (χ1) is 19.8. The molecule has 1 aromatic heterocycles. The van der Waals surface area contributed by atoms with E-state index in [2.05, 4.69) is 68.6 Å². The second-order valence-corrected chi connectivity index (χ2v) is 11.2. The number of fused-ring (bicyclic) bond motifs is 2. The van der Waals surface area contributed by atoms with Gasteiger partial charge < -0.3 is 29.2 Å². The lowest BCUT2D eigenvalue weighted by Gasteiger charge is -2.41. The SMILES string of the molecule is [C-]#[N+]C[C@H]1CN(c2nc(OC3CC3N(C)C)nc3c2CCN(c2cccc4ccccc24)C3)CCN1C(=O)C(=C)F. The zero-order chi connectivity index (χ0) is 28.7. The average molecular weight is 556 g/mol. The molecule has 0 radical (unpaired) electrons.